The molecule has 6 nitrogen and oxygen atoms in total. The highest BCUT2D eigenvalue weighted by molar-refractivity contribution is 7.13. The molecule has 2 N–H and O–H groups in total. The molecule has 0 aliphatic heterocycles. The maximum Gasteiger partial charge on any atom is 0.142 e. The Kier molecular flexibility index (Phi) is 4.57. The molecule has 0 spiro atoms. The first-order valence-corrected chi connectivity index (χ1v) is 8.70. The van der Waals surface area contributed by atoms with E-state index in [2.05, 4.69) is 32.5 Å². The zero-order valence-corrected chi connectivity index (χ0v) is 15.6. The first-order chi connectivity index (χ1) is 11.9. The molecule has 0 aromatic carbocycles. The van der Waals surface area contributed by atoms with Crippen LogP contribution in [-0.4, -0.2) is 33.8 Å². The standard InChI is InChI=1S/C18H20N6S/c1-11-15(8-21-24(11)4)13-6-16(22-18(20)14(13)7-19)17-5-12(10-25-17)9-23(2)3/h5-6,8,10H,9H2,1-4H3,(H2,20,22). The topological polar surface area (TPSA) is 83.8 Å². The minimum Gasteiger partial charge on any atom is -0.383 e. The van der Waals surface area contributed by atoms with Crippen LogP contribution in [0.25, 0.3) is 21.7 Å². The Hall–Kier alpha value is -2.69. The lowest BCUT2D eigenvalue weighted by Gasteiger charge is -2.09. The number of nitrogens with two attached hydrogens (primary N) is 1. The van der Waals surface area contributed by atoms with Crippen LogP contribution in [0.15, 0.2) is 23.7 Å². The molecule has 0 aliphatic rings. The molecule has 25 heavy (non-hydrogen) atoms. The molecule has 128 valence electrons. The number of hydrogen-bond donors (Lipinski definition) is 1. The van der Waals surface area contributed by atoms with Gasteiger partial charge in [0.15, 0.2) is 0 Å². The minimum atomic E-state index is 0.251. The number of rotatable bonds is 4. The monoisotopic (exact) mass is 352 g/mol. The molecule has 3 rings (SSSR count). The number of nitrogen functional groups attached to an aromatic ring is 1. The molecule has 0 bridgehead atoms. The van der Waals surface area contributed by atoms with Gasteiger partial charge in [-0.15, -0.1) is 11.3 Å². The summed E-state index contributed by atoms with van der Waals surface area (Å²) < 4.78 is 1.78. The normalized spacial score (nSPS) is 11.0. The lowest BCUT2D eigenvalue weighted by atomic mass is 10.0. The fourth-order valence-electron chi connectivity index (χ4n) is 2.74. The van der Waals surface area contributed by atoms with E-state index in [-0.39, 0.29) is 5.82 Å². The van der Waals surface area contributed by atoms with E-state index >= 15 is 0 Å². The molecule has 0 amide bonds. The van der Waals surface area contributed by atoms with Gasteiger partial charge in [0.05, 0.1) is 16.8 Å². The maximum atomic E-state index is 9.52. The van der Waals surface area contributed by atoms with Gasteiger partial charge in [-0.05, 0) is 44.1 Å². The Morgan fingerprint density at radius 1 is 1.32 bits per heavy atom. The molecular weight excluding hydrogens is 332 g/mol. The quantitative estimate of drug-likeness (QED) is 0.780. The van der Waals surface area contributed by atoms with E-state index in [1.165, 1.54) is 5.56 Å². The van der Waals surface area contributed by atoms with Gasteiger partial charge in [-0.25, -0.2) is 4.98 Å². The van der Waals surface area contributed by atoms with Crippen LogP contribution >= 0.6 is 11.3 Å². The van der Waals surface area contributed by atoms with E-state index < -0.39 is 0 Å². The maximum absolute atomic E-state index is 9.52. The zero-order valence-electron chi connectivity index (χ0n) is 14.7. The first kappa shape index (κ1) is 17.1. The predicted molar refractivity (Wildman–Crippen MR) is 101 cm³/mol. The third-order valence-electron chi connectivity index (χ3n) is 4.09. The second kappa shape index (κ2) is 6.67. The summed E-state index contributed by atoms with van der Waals surface area (Å²) in [5.74, 6) is 0.251. The van der Waals surface area contributed by atoms with E-state index in [1.807, 2.05) is 34.1 Å². The van der Waals surface area contributed by atoms with Gasteiger partial charge < -0.3 is 10.6 Å². The van der Waals surface area contributed by atoms with Crippen LogP contribution in [0.1, 0.15) is 16.8 Å². The van der Waals surface area contributed by atoms with Gasteiger partial charge in [0.1, 0.15) is 17.5 Å². The van der Waals surface area contributed by atoms with Crippen molar-refractivity contribution in [2.75, 3.05) is 19.8 Å². The van der Waals surface area contributed by atoms with Crippen molar-refractivity contribution >= 4 is 17.2 Å². The minimum absolute atomic E-state index is 0.251. The van der Waals surface area contributed by atoms with Crippen LogP contribution in [0.2, 0.25) is 0 Å². The van der Waals surface area contributed by atoms with E-state index in [0.29, 0.717) is 5.56 Å². The van der Waals surface area contributed by atoms with Crippen molar-refractivity contribution in [3.8, 4) is 27.8 Å². The molecule has 0 aliphatic carbocycles. The number of pyridine rings is 1. The summed E-state index contributed by atoms with van der Waals surface area (Å²) in [5, 5.41) is 15.9. The van der Waals surface area contributed by atoms with Crippen LogP contribution in [0.5, 0.6) is 0 Å². The highest BCUT2D eigenvalue weighted by Gasteiger charge is 2.17. The molecule has 3 aromatic heterocycles. The molecular formula is C18H20N6S. The molecule has 0 saturated carbocycles. The Balaban J connectivity index is 2.12. The Bertz CT molecular complexity index is 961. The van der Waals surface area contributed by atoms with Gasteiger partial charge in [-0.3, -0.25) is 4.68 Å². The largest absolute Gasteiger partial charge is 0.383 e. The zero-order chi connectivity index (χ0) is 18.1. The van der Waals surface area contributed by atoms with Crippen LogP contribution in [0.3, 0.4) is 0 Å². The molecule has 0 atom stereocenters. The van der Waals surface area contributed by atoms with Crippen molar-refractivity contribution in [3.05, 3.63) is 40.5 Å². The molecule has 7 heteroatoms. The summed E-state index contributed by atoms with van der Waals surface area (Å²) >= 11 is 1.63. The van der Waals surface area contributed by atoms with Crippen LogP contribution in [0, 0.1) is 18.3 Å². The average Bonchev–Trinajstić information content (AvgIpc) is 3.14. The summed E-state index contributed by atoms with van der Waals surface area (Å²) in [4.78, 5) is 7.61. The van der Waals surface area contributed by atoms with Crippen LogP contribution in [0.4, 0.5) is 5.82 Å². The van der Waals surface area contributed by atoms with Crippen LogP contribution in [-0.2, 0) is 13.6 Å². The number of nitrogens with zero attached hydrogens (tertiary/aromatic N) is 5. The molecule has 0 radical (unpaired) electrons. The van der Waals surface area contributed by atoms with Crippen LogP contribution < -0.4 is 5.73 Å². The predicted octanol–water partition coefficient (Wildman–Crippen LogP) is 3.03. The highest BCUT2D eigenvalue weighted by Crippen LogP contribution is 2.34. The van der Waals surface area contributed by atoms with Gasteiger partial charge in [0.25, 0.3) is 0 Å². The highest BCUT2D eigenvalue weighted by atomic mass is 32.1. The smallest absolute Gasteiger partial charge is 0.142 e. The molecule has 0 unspecified atom stereocenters. The lowest BCUT2D eigenvalue weighted by Crippen LogP contribution is -2.09. The van der Waals surface area contributed by atoms with Gasteiger partial charge in [-0.2, -0.15) is 10.4 Å². The van der Waals surface area contributed by atoms with Gasteiger partial charge in [0, 0.05) is 30.4 Å². The Labute approximate surface area is 151 Å². The van der Waals surface area contributed by atoms with E-state index in [9.17, 15) is 5.26 Å². The SMILES string of the molecule is Cc1c(-c2cc(-c3cc(CN(C)C)cs3)nc(N)c2C#N)cnn1C. The number of anilines is 1. The van der Waals surface area contributed by atoms with Gasteiger partial charge in [0.2, 0.25) is 0 Å². The molecule has 0 fully saturated rings. The number of nitriles is 1. The lowest BCUT2D eigenvalue weighted by molar-refractivity contribution is 0.403. The third-order valence-corrected chi connectivity index (χ3v) is 5.09. The average molecular weight is 352 g/mol. The third kappa shape index (κ3) is 3.27. The van der Waals surface area contributed by atoms with E-state index in [4.69, 9.17) is 5.73 Å². The summed E-state index contributed by atoms with van der Waals surface area (Å²) in [6, 6.07) is 6.24. The summed E-state index contributed by atoms with van der Waals surface area (Å²) in [5.41, 5.74) is 11.2. The first-order valence-electron chi connectivity index (χ1n) is 7.82. The summed E-state index contributed by atoms with van der Waals surface area (Å²) in [6.07, 6.45) is 1.76. The summed E-state index contributed by atoms with van der Waals surface area (Å²) in [6.45, 7) is 2.84. The van der Waals surface area contributed by atoms with Crippen molar-refractivity contribution in [2.45, 2.75) is 13.5 Å². The second-order valence-corrected chi connectivity index (χ2v) is 7.16. The number of aryl methyl sites for hydroxylation is 1. The Morgan fingerprint density at radius 2 is 2.08 bits per heavy atom. The fraction of sp³-hybridized carbons (Fsp3) is 0.278. The Morgan fingerprint density at radius 3 is 2.68 bits per heavy atom. The van der Waals surface area contributed by atoms with Crippen molar-refractivity contribution in [2.24, 2.45) is 7.05 Å². The van der Waals surface area contributed by atoms with Crippen molar-refractivity contribution in [3.63, 3.8) is 0 Å². The molecule has 3 heterocycles. The van der Waals surface area contributed by atoms with Crippen molar-refractivity contribution < 1.29 is 0 Å². The number of thiophene rings is 1. The summed E-state index contributed by atoms with van der Waals surface area (Å²) in [7, 11) is 5.96. The van der Waals surface area contributed by atoms with Crippen molar-refractivity contribution in [1.82, 2.24) is 19.7 Å². The number of aromatic nitrogens is 3. The van der Waals surface area contributed by atoms with Gasteiger partial charge >= 0.3 is 0 Å². The van der Waals surface area contributed by atoms with Gasteiger partial charge in [-0.1, -0.05) is 0 Å². The van der Waals surface area contributed by atoms with E-state index in [1.54, 1.807) is 22.2 Å². The molecule has 0 saturated heterocycles. The van der Waals surface area contributed by atoms with E-state index in [0.717, 1.165) is 33.9 Å². The fourth-order valence-corrected chi connectivity index (χ4v) is 3.61. The van der Waals surface area contributed by atoms with Crippen molar-refractivity contribution in [1.29, 1.82) is 5.26 Å². The molecule has 3 aromatic rings. The number of hydrogen-bond acceptors (Lipinski definition) is 6. The second-order valence-electron chi connectivity index (χ2n) is 6.25.